The van der Waals surface area contributed by atoms with Crippen LogP contribution in [0.2, 0.25) is 0 Å². The van der Waals surface area contributed by atoms with Gasteiger partial charge in [-0.25, -0.2) is 15.0 Å². The van der Waals surface area contributed by atoms with E-state index in [-0.39, 0.29) is 0 Å². The van der Waals surface area contributed by atoms with E-state index < -0.39 is 0 Å². The molecule has 5 nitrogen and oxygen atoms in total. The first kappa shape index (κ1) is 17.1. The molecular weight excluding hydrogens is 354 g/mol. The highest BCUT2D eigenvalue weighted by molar-refractivity contribution is 7.09. The van der Waals surface area contributed by atoms with Crippen molar-refractivity contribution in [1.82, 2.24) is 19.9 Å². The van der Waals surface area contributed by atoms with E-state index in [1.807, 2.05) is 17.5 Å². The summed E-state index contributed by atoms with van der Waals surface area (Å²) in [6, 6.07) is 6.48. The highest BCUT2D eigenvalue weighted by atomic mass is 32.1. The Morgan fingerprint density at radius 3 is 2.78 bits per heavy atom. The largest absolute Gasteiger partial charge is 0.369 e. The van der Waals surface area contributed by atoms with Gasteiger partial charge in [0.1, 0.15) is 6.33 Å². The normalized spacial score (nSPS) is 19.2. The summed E-state index contributed by atoms with van der Waals surface area (Å²) in [7, 11) is 0. The zero-order valence-corrected chi connectivity index (χ0v) is 16.4. The summed E-state index contributed by atoms with van der Waals surface area (Å²) < 4.78 is 0. The number of rotatable bonds is 4. The number of aromatic nitrogens is 3. The molecule has 2 fully saturated rings. The van der Waals surface area contributed by atoms with Crippen molar-refractivity contribution in [2.75, 3.05) is 31.1 Å². The molecule has 6 heteroatoms. The molecule has 2 aliphatic rings. The number of nitrogens with zero attached hydrogens (tertiary/aromatic N) is 5. The van der Waals surface area contributed by atoms with Crippen LogP contribution in [0.25, 0.3) is 10.9 Å². The van der Waals surface area contributed by atoms with Gasteiger partial charge in [-0.3, -0.25) is 4.90 Å². The van der Waals surface area contributed by atoms with Crippen molar-refractivity contribution >= 4 is 27.9 Å². The van der Waals surface area contributed by atoms with Crippen molar-refractivity contribution in [2.45, 2.75) is 38.1 Å². The monoisotopic (exact) mass is 379 g/mol. The Morgan fingerprint density at radius 2 is 1.93 bits per heavy atom. The lowest BCUT2D eigenvalue weighted by Crippen LogP contribution is -2.46. The summed E-state index contributed by atoms with van der Waals surface area (Å²) in [6.45, 7) is 5.26. The van der Waals surface area contributed by atoms with Gasteiger partial charge in [-0.2, -0.15) is 0 Å². The first-order valence-electron chi connectivity index (χ1n) is 9.96. The van der Waals surface area contributed by atoms with Gasteiger partial charge in [0.2, 0.25) is 0 Å². The lowest BCUT2D eigenvalue weighted by Gasteiger charge is -2.35. The Morgan fingerprint density at radius 1 is 1.07 bits per heavy atom. The van der Waals surface area contributed by atoms with Crippen LogP contribution < -0.4 is 4.90 Å². The molecule has 0 unspecified atom stereocenters. The molecule has 1 saturated heterocycles. The lowest BCUT2D eigenvalue weighted by atomic mass is 10.1. The van der Waals surface area contributed by atoms with Gasteiger partial charge in [0.15, 0.2) is 0 Å². The quantitative estimate of drug-likeness (QED) is 0.684. The predicted octanol–water partition coefficient (Wildman–Crippen LogP) is 4.07. The van der Waals surface area contributed by atoms with E-state index in [2.05, 4.69) is 43.3 Å². The van der Waals surface area contributed by atoms with Gasteiger partial charge in [-0.05, 0) is 31.0 Å². The molecule has 5 rings (SSSR count). The molecule has 0 atom stereocenters. The Labute approximate surface area is 164 Å². The molecule has 1 aromatic carbocycles. The molecule has 1 saturated carbocycles. The van der Waals surface area contributed by atoms with Crippen molar-refractivity contribution in [3.63, 3.8) is 0 Å². The summed E-state index contributed by atoms with van der Waals surface area (Å²) >= 11 is 1.87. The van der Waals surface area contributed by atoms with Gasteiger partial charge in [0.05, 0.1) is 16.2 Å². The standard InChI is InChI=1S/C21H25N5S/c1-2-4-16(3-1)21-24-18(14-27-21)13-25-7-9-26(10-8-25)19-5-6-20-17(11-19)12-22-15-23-20/h5-6,11-12,14-16H,1-4,7-10,13H2. The summed E-state index contributed by atoms with van der Waals surface area (Å²) in [5.41, 5.74) is 3.54. The van der Waals surface area contributed by atoms with E-state index in [4.69, 9.17) is 4.98 Å². The maximum absolute atomic E-state index is 4.95. The molecule has 1 aliphatic heterocycles. The molecule has 1 aliphatic carbocycles. The third-order valence-electron chi connectivity index (χ3n) is 5.89. The zero-order valence-electron chi connectivity index (χ0n) is 15.5. The molecule has 3 aromatic rings. The number of hydrogen-bond acceptors (Lipinski definition) is 6. The first-order chi connectivity index (χ1) is 13.3. The third-order valence-corrected chi connectivity index (χ3v) is 6.94. The van der Waals surface area contributed by atoms with Gasteiger partial charge in [0.25, 0.3) is 0 Å². The van der Waals surface area contributed by atoms with E-state index in [0.717, 1.165) is 49.5 Å². The van der Waals surface area contributed by atoms with Crippen molar-refractivity contribution in [3.05, 3.63) is 46.8 Å². The van der Waals surface area contributed by atoms with Crippen LogP contribution in [0.3, 0.4) is 0 Å². The van der Waals surface area contributed by atoms with Crippen molar-refractivity contribution in [3.8, 4) is 0 Å². The smallest absolute Gasteiger partial charge is 0.116 e. The van der Waals surface area contributed by atoms with Gasteiger partial charge < -0.3 is 4.90 Å². The number of piperazine rings is 1. The van der Waals surface area contributed by atoms with E-state index in [1.54, 1.807) is 6.33 Å². The number of fused-ring (bicyclic) bond motifs is 1. The van der Waals surface area contributed by atoms with Crippen LogP contribution >= 0.6 is 11.3 Å². The molecule has 140 valence electrons. The molecule has 0 N–H and O–H groups in total. The zero-order chi connectivity index (χ0) is 18.1. The maximum Gasteiger partial charge on any atom is 0.116 e. The van der Waals surface area contributed by atoms with E-state index in [0.29, 0.717) is 0 Å². The highest BCUT2D eigenvalue weighted by Crippen LogP contribution is 2.35. The summed E-state index contributed by atoms with van der Waals surface area (Å²) in [5.74, 6) is 0.734. The van der Waals surface area contributed by atoms with Gasteiger partial charge in [-0.1, -0.05) is 12.8 Å². The molecule has 27 heavy (non-hydrogen) atoms. The average Bonchev–Trinajstić information content (AvgIpc) is 3.40. The molecule has 3 heterocycles. The van der Waals surface area contributed by atoms with Crippen LogP contribution in [0, 0.1) is 0 Å². The van der Waals surface area contributed by atoms with Gasteiger partial charge in [0, 0.05) is 61.3 Å². The number of thiazole rings is 1. The number of anilines is 1. The van der Waals surface area contributed by atoms with Crippen LogP contribution in [0.5, 0.6) is 0 Å². The van der Waals surface area contributed by atoms with Crippen LogP contribution in [0.15, 0.2) is 36.1 Å². The number of benzene rings is 1. The topological polar surface area (TPSA) is 45.2 Å². The van der Waals surface area contributed by atoms with Gasteiger partial charge in [-0.15, -0.1) is 11.3 Å². The van der Waals surface area contributed by atoms with Crippen molar-refractivity contribution in [2.24, 2.45) is 0 Å². The minimum Gasteiger partial charge on any atom is -0.369 e. The minimum absolute atomic E-state index is 0.734. The second kappa shape index (κ2) is 7.52. The van der Waals surface area contributed by atoms with Crippen molar-refractivity contribution in [1.29, 1.82) is 0 Å². The SMILES string of the molecule is c1ncc2cc(N3CCN(Cc4csc(C5CCCC5)n4)CC3)ccc2n1. The van der Waals surface area contributed by atoms with Crippen molar-refractivity contribution < 1.29 is 0 Å². The number of hydrogen-bond donors (Lipinski definition) is 0. The molecule has 2 aromatic heterocycles. The fraction of sp³-hybridized carbons (Fsp3) is 0.476. The third kappa shape index (κ3) is 3.69. The Hall–Kier alpha value is -2.05. The summed E-state index contributed by atoms with van der Waals surface area (Å²) in [5, 5.41) is 4.77. The average molecular weight is 380 g/mol. The molecule has 0 amide bonds. The van der Waals surface area contributed by atoms with Crippen LogP contribution in [-0.2, 0) is 6.54 Å². The fourth-order valence-electron chi connectivity index (χ4n) is 4.32. The van der Waals surface area contributed by atoms with Crippen LogP contribution in [0.4, 0.5) is 5.69 Å². The highest BCUT2D eigenvalue weighted by Gasteiger charge is 2.22. The lowest BCUT2D eigenvalue weighted by molar-refractivity contribution is 0.247. The molecule has 0 radical (unpaired) electrons. The molecule has 0 bridgehead atoms. The minimum atomic E-state index is 0.734. The van der Waals surface area contributed by atoms with E-state index in [1.165, 1.54) is 42.1 Å². The second-order valence-corrected chi connectivity index (χ2v) is 8.58. The predicted molar refractivity (Wildman–Crippen MR) is 110 cm³/mol. The van der Waals surface area contributed by atoms with E-state index >= 15 is 0 Å². The van der Waals surface area contributed by atoms with Crippen LogP contribution in [0.1, 0.15) is 42.3 Å². The second-order valence-electron chi connectivity index (χ2n) is 7.69. The Bertz CT molecular complexity index is 910. The molecule has 0 spiro atoms. The molecular formula is C21H25N5S. The van der Waals surface area contributed by atoms with E-state index in [9.17, 15) is 0 Å². The first-order valence-corrected chi connectivity index (χ1v) is 10.8. The Balaban J connectivity index is 1.19. The summed E-state index contributed by atoms with van der Waals surface area (Å²) in [4.78, 5) is 18.4. The summed E-state index contributed by atoms with van der Waals surface area (Å²) in [6.07, 6.45) is 8.93. The van der Waals surface area contributed by atoms with Crippen LogP contribution in [-0.4, -0.2) is 46.0 Å². The maximum atomic E-state index is 4.95. The fourth-order valence-corrected chi connectivity index (χ4v) is 5.30. The van der Waals surface area contributed by atoms with Gasteiger partial charge >= 0.3 is 0 Å². The Kier molecular flexibility index (Phi) is 4.76.